The van der Waals surface area contributed by atoms with E-state index in [1.807, 2.05) is 24.3 Å². The molecule has 2 aromatic rings. The molecule has 8 nitrogen and oxygen atoms in total. The molecule has 2 aliphatic rings. The van der Waals surface area contributed by atoms with Crippen molar-refractivity contribution in [3.8, 4) is 11.5 Å². The average Bonchev–Trinajstić information content (AvgIpc) is 3.18. The van der Waals surface area contributed by atoms with Crippen molar-refractivity contribution in [3.05, 3.63) is 48.0 Å². The number of hydrogen-bond donors (Lipinski definition) is 0. The van der Waals surface area contributed by atoms with Gasteiger partial charge in [0, 0.05) is 39.3 Å². The fourth-order valence-corrected chi connectivity index (χ4v) is 6.20. The van der Waals surface area contributed by atoms with Gasteiger partial charge in [0.05, 0.1) is 30.4 Å². The molecule has 0 aromatic heterocycles. The number of sulfonamides is 1. The zero-order chi connectivity index (χ0) is 24.1. The van der Waals surface area contributed by atoms with Crippen LogP contribution in [0.5, 0.6) is 11.5 Å². The summed E-state index contributed by atoms with van der Waals surface area (Å²) in [6.07, 6.45) is 3.80. The highest BCUT2D eigenvalue weighted by molar-refractivity contribution is 7.89. The smallest absolute Gasteiger partial charge is 0.257 e. The second-order valence-electron chi connectivity index (χ2n) is 8.63. The number of anilines is 1. The highest BCUT2D eigenvalue weighted by Crippen LogP contribution is 2.30. The van der Waals surface area contributed by atoms with Crippen LogP contribution in [0.4, 0.5) is 5.69 Å². The number of methoxy groups -OCH3 is 2. The minimum atomic E-state index is -3.66. The molecule has 0 aliphatic carbocycles. The summed E-state index contributed by atoms with van der Waals surface area (Å²) in [5, 5.41) is 0. The monoisotopic (exact) mass is 487 g/mol. The first-order chi connectivity index (χ1) is 16.5. The number of carbonyl (C=O) groups is 1. The molecule has 9 heteroatoms. The largest absolute Gasteiger partial charge is 0.496 e. The Morgan fingerprint density at radius 3 is 2.09 bits per heavy atom. The van der Waals surface area contributed by atoms with Gasteiger partial charge in [-0.25, -0.2) is 8.42 Å². The molecule has 0 atom stereocenters. The van der Waals surface area contributed by atoms with Crippen LogP contribution in [0.3, 0.4) is 0 Å². The maximum atomic E-state index is 13.5. The van der Waals surface area contributed by atoms with Gasteiger partial charge < -0.3 is 19.3 Å². The lowest BCUT2D eigenvalue weighted by molar-refractivity contribution is 0.0743. The molecule has 2 saturated heterocycles. The SMILES string of the molecule is COc1ccc(S(=O)(=O)N2CCCCCC2)cc1C(=O)N1CCN(c2ccccc2OC)CC1. The van der Waals surface area contributed by atoms with Crippen molar-refractivity contribution in [2.45, 2.75) is 30.6 Å². The second kappa shape index (κ2) is 10.7. The third kappa shape index (κ3) is 5.00. The molecular weight excluding hydrogens is 454 g/mol. The van der Waals surface area contributed by atoms with Crippen molar-refractivity contribution in [2.75, 3.05) is 58.4 Å². The van der Waals surface area contributed by atoms with Crippen LogP contribution in [0.25, 0.3) is 0 Å². The summed E-state index contributed by atoms with van der Waals surface area (Å²) >= 11 is 0. The number of hydrogen-bond acceptors (Lipinski definition) is 6. The Hall–Kier alpha value is -2.78. The van der Waals surface area contributed by atoms with Crippen molar-refractivity contribution in [1.29, 1.82) is 0 Å². The van der Waals surface area contributed by atoms with Crippen LogP contribution in [-0.4, -0.2) is 77.0 Å². The molecule has 0 unspecified atom stereocenters. The van der Waals surface area contributed by atoms with Crippen LogP contribution in [0.1, 0.15) is 36.0 Å². The number of ether oxygens (including phenoxy) is 2. The van der Waals surface area contributed by atoms with Gasteiger partial charge >= 0.3 is 0 Å². The van der Waals surface area contributed by atoms with E-state index in [1.54, 1.807) is 22.4 Å². The minimum Gasteiger partial charge on any atom is -0.496 e. The Morgan fingerprint density at radius 1 is 0.794 bits per heavy atom. The quantitative estimate of drug-likeness (QED) is 0.623. The van der Waals surface area contributed by atoms with Crippen molar-refractivity contribution in [3.63, 3.8) is 0 Å². The molecule has 184 valence electrons. The molecule has 0 spiro atoms. The van der Waals surface area contributed by atoms with Gasteiger partial charge in [0.25, 0.3) is 5.91 Å². The van der Waals surface area contributed by atoms with Crippen LogP contribution in [0.2, 0.25) is 0 Å². The average molecular weight is 488 g/mol. The summed E-state index contributed by atoms with van der Waals surface area (Å²) in [5.41, 5.74) is 1.28. The lowest BCUT2D eigenvalue weighted by atomic mass is 10.1. The molecule has 0 N–H and O–H groups in total. The Morgan fingerprint density at radius 2 is 1.44 bits per heavy atom. The Kier molecular flexibility index (Phi) is 7.63. The molecule has 2 fully saturated rings. The van der Waals surface area contributed by atoms with E-state index in [1.165, 1.54) is 19.2 Å². The van der Waals surface area contributed by atoms with E-state index in [4.69, 9.17) is 9.47 Å². The van der Waals surface area contributed by atoms with Crippen molar-refractivity contribution >= 4 is 21.6 Å². The van der Waals surface area contributed by atoms with E-state index in [0.717, 1.165) is 37.1 Å². The summed E-state index contributed by atoms with van der Waals surface area (Å²) in [6, 6.07) is 12.4. The molecule has 2 aliphatic heterocycles. The van der Waals surface area contributed by atoms with Crippen molar-refractivity contribution in [1.82, 2.24) is 9.21 Å². The first kappa shape index (κ1) is 24.3. The zero-order valence-corrected chi connectivity index (χ0v) is 20.7. The standard InChI is InChI=1S/C25H33N3O5S/c1-32-23-12-11-20(34(30,31)28-13-7-3-4-8-14-28)19-21(23)25(29)27-17-15-26(16-18-27)22-9-5-6-10-24(22)33-2/h5-6,9-12,19H,3-4,7-8,13-18H2,1-2H3. The minimum absolute atomic E-state index is 0.145. The predicted octanol–water partition coefficient (Wildman–Crippen LogP) is 3.23. The molecule has 4 rings (SSSR count). The van der Waals surface area contributed by atoms with E-state index in [-0.39, 0.29) is 16.4 Å². The molecule has 2 heterocycles. The maximum Gasteiger partial charge on any atom is 0.257 e. The number of para-hydroxylation sites is 2. The molecule has 0 radical (unpaired) electrons. The predicted molar refractivity (Wildman–Crippen MR) is 131 cm³/mol. The Bertz CT molecular complexity index is 1110. The van der Waals surface area contributed by atoms with Crippen LogP contribution in [0, 0.1) is 0 Å². The van der Waals surface area contributed by atoms with E-state index >= 15 is 0 Å². The molecule has 0 bridgehead atoms. The molecule has 34 heavy (non-hydrogen) atoms. The Labute approximate surface area is 202 Å². The maximum absolute atomic E-state index is 13.5. The van der Waals surface area contributed by atoms with E-state index in [9.17, 15) is 13.2 Å². The van der Waals surface area contributed by atoms with Gasteiger partial charge in [0.15, 0.2) is 0 Å². The first-order valence-electron chi connectivity index (χ1n) is 11.8. The van der Waals surface area contributed by atoms with E-state index < -0.39 is 10.0 Å². The van der Waals surface area contributed by atoms with Crippen molar-refractivity contribution in [2.24, 2.45) is 0 Å². The van der Waals surface area contributed by atoms with Crippen LogP contribution in [0.15, 0.2) is 47.4 Å². The number of piperazine rings is 1. The van der Waals surface area contributed by atoms with Gasteiger partial charge in [-0.05, 0) is 43.2 Å². The van der Waals surface area contributed by atoms with Gasteiger partial charge in [-0.1, -0.05) is 25.0 Å². The van der Waals surface area contributed by atoms with Gasteiger partial charge in [0.1, 0.15) is 11.5 Å². The molecular formula is C25H33N3O5S. The van der Waals surface area contributed by atoms with Gasteiger partial charge in [-0.3, -0.25) is 4.79 Å². The van der Waals surface area contributed by atoms with E-state index in [2.05, 4.69) is 4.90 Å². The molecule has 2 aromatic carbocycles. The fraction of sp³-hybridized carbons (Fsp3) is 0.480. The highest BCUT2D eigenvalue weighted by atomic mass is 32.2. The van der Waals surface area contributed by atoms with Crippen LogP contribution in [-0.2, 0) is 10.0 Å². The summed E-state index contributed by atoms with van der Waals surface area (Å²) in [6.45, 7) is 3.37. The summed E-state index contributed by atoms with van der Waals surface area (Å²) < 4.78 is 39.0. The summed E-state index contributed by atoms with van der Waals surface area (Å²) in [5.74, 6) is 0.965. The topological polar surface area (TPSA) is 79.4 Å². The second-order valence-corrected chi connectivity index (χ2v) is 10.6. The van der Waals surface area contributed by atoms with Crippen LogP contribution >= 0.6 is 0 Å². The number of benzene rings is 2. The number of carbonyl (C=O) groups excluding carboxylic acids is 1. The summed E-state index contributed by atoms with van der Waals surface area (Å²) in [4.78, 5) is 17.5. The lowest BCUT2D eigenvalue weighted by Gasteiger charge is -2.36. The third-order valence-electron chi connectivity index (χ3n) is 6.60. The van der Waals surface area contributed by atoms with Gasteiger partial charge in [-0.2, -0.15) is 4.31 Å². The highest BCUT2D eigenvalue weighted by Gasteiger charge is 2.30. The van der Waals surface area contributed by atoms with Crippen molar-refractivity contribution < 1.29 is 22.7 Å². The first-order valence-corrected chi connectivity index (χ1v) is 13.2. The van der Waals surface area contributed by atoms with Gasteiger partial charge in [0.2, 0.25) is 10.0 Å². The third-order valence-corrected chi connectivity index (χ3v) is 8.49. The summed E-state index contributed by atoms with van der Waals surface area (Å²) in [7, 11) is -0.520. The number of nitrogens with zero attached hydrogens (tertiary/aromatic N) is 3. The lowest BCUT2D eigenvalue weighted by Crippen LogP contribution is -2.49. The van der Waals surface area contributed by atoms with E-state index in [0.29, 0.717) is 45.0 Å². The van der Waals surface area contributed by atoms with Gasteiger partial charge in [-0.15, -0.1) is 0 Å². The Balaban J connectivity index is 1.53. The molecule has 1 amide bonds. The number of amides is 1. The number of rotatable bonds is 6. The fourth-order valence-electron chi connectivity index (χ4n) is 4.66. The molecule has 0 saturated carbocycles. The zero-order valence-electron chi connectivity index (χ0n) is 19.9. The normalized spacial score (nSPS) is 17.8. The van der Waals surface area contributed by atoms with Crippen LogP contribution < -0.4 is 14.4 Å².